The number of aromatic nitrogens is 9. The number of pyridine rings is 1. The summed E-state index contributed by atoms with van der Waals surface area (Å²) in [5.41, 5.74) is 15.7. The summed E-state index contributed by atoms with van der Waals surface area (Å²) in [7, 11) is 2.54. The lowest BCUT2D eigenvalue weighted by molar-refractivity contribution is -0.384. The molecule has 0 unspecified atom stereocenters. The molecule has 6 aromatic heterocycles. The molecule has 0 aliphatic rings. The number of nitrogens with zero attached hydrogens (tertiary/aromatic N) is 8. The zero-order valence-corrected chi connectivity index (χ0v) is 81.9. The highest BCUT2D eigenvalue weighted by Crippen LogP contribution is 2.39. The van der Waals surface area contributed by atoms with Gasteiger partial charge in [0.05, 0.1) is 102 Å². The van der Waals surface area contributed by atoms with Gasteiger partial charge in [0.2, 0.25) is 0 Å². The zero-order chi connectivity index (χ0) is 91.2. The summed E-state index contributed by atoms with van der Waals surface area (Å²) >= 11 is 19.2. The van der Waals surface area contributed by atoms with Crippen molar-refractivity contribution in [1.82, 2.24) is 44.3 Å². The standard InChI is InChI=1S/C22H18N2O.C17H11BrN2.C12H11BO2.C12H8BrNO2.C12H8BrN.C10H9BrN2O.C7H7IO.C6H15O3P.C3H3BrN2.4CH4/c1-25-22-9-5-8-21(14-22)24-16-20(15-23-24)19-12-10-18(11-13-19)17-6-3-2-4-7-17;18-12-8-9-14-13-5-1-2-6-15(13)20(16(14)11-12)17-7-3-4-10-19-17;14-13(15)12-8-6-11(7-9-12)10-4-2-1-3-5-10;13-10-7-5-9(6-8-10)11-3-1-2-4-12(11)14(15)16;13-8-5-6-10-9-3-1-2-4-11(9)14-12(10)7-8;1-14-10-4-2-3-9(5-10)13-7-8(11)6-12-13;1-9-7-4-2-3-6(8)5-7;1-4-7-10(8-5-2)9-6-3;4-3-1-5-6-2-3;;;;/h2-16H,1H3;1-11H;1-9,14-15H;1-8H;1-7,14H;2-7H,1H3;2-5H,1H3;4-6H2,1-3H3;1-2H,(H,5,6);4*1H4. The molecule has 19 rings (SSSR count). The number of halogens is 6. The number of methoxy groups -OCH3 is 3. The highest BCUT2D eigenvalue weighted by Gasteiger charge is 2.17. The van der Waals surface area contributed by atoms with E-state index in [1.54, 1.807) is 74.9 Å². The summed E-state index contributed by atoms with van der Waals surface area (Å²) in [6, 6.07) is 109. The second kappa shape index (κ2) is 57.1. The summed E-state index contributed by atoms with van der Waals surface area (Å²) < 4.78 is 43.0. The van der Waals surface area contributed by atoms with E-state index >= 15 is 0 Å². The molecule has 133 heavy (non-hydrogen) atoms. The number of para-hydroxylation sites is 3. The van der Waals surface area contributed by atoms with Crippen molar-refractivity contribution in [2.45, 2.75) is 50.5 Å². The maximum absolute atomic E-state index is 10.9. The molecule has 0 bridgehead atoms. The van der Waals surface area contributed by atoms with Crippen molar-refractivity contribution in [3.63, 3.8) is 0 Å². The van der Waals surface area contributed by atoms with Crippen molar-refractivity contribution in [1.29, 1.82) is 0 Å². The third-order valence-electron chi connectivity index (χ3n) is 18.8. The number of nitrogens with one attached hydrogen (secondary N) is 2. The number of nitro benzene ring substituents is 1. The van der Waals surface area contributed by atoms with Gasteiger partial charge in [0.25, 0.3) is 5.69 Å². The van der Waals surface area contributed by atoms with Crippen LogP contribution in [0.5, 0.6) is 17.2 Å². The van der Waals surface area contributed by atoms with E-state index in [2.05, 4.69) is 265 Å². The first-order valence-electron chi connectivity index (χ1n) is 40.4. The lowest BCUT2D eigenvalue weighted by Gasteiger charge is -2.12. The number of benzene rings is 13. The Morgan fingerprint density at radius 2 is 0.887 bits per heavy atom. The third-order valence-corrected chi connectivity index (χ3v) is 23.3. The minimum atomic E-state index is -1.39. The fraction of sp³-hybridized carbons (Fsp3) is 0.124. The Labute approximate surface area is 835 Å². The molecule has 0 saturated heterocycles. The molecule has 4 N–H and O–H groups in total. The third kappa shape index (κ3) is 32.7. The van der Waals surface area contributed by atoms with Gasteiger partial charge in [-0.25, -0.2) is 14.3 Å². The number of aromatic amines is 2. The van der Waals surface area contributed by atoms with Gasteiger partial charge in [-0.15, -0.1) is 0 Å². The fourth-order valence-electron chi connectivity index (χ4n) is 12.8. The molecule has 13 aromatic carbocycles. The Morgan fingerprint density at radius 1 is 0.421 bits per heavy atom. The second-order valence-electron chi connectivity index (χ2n) is 27.4. The Morgan fingerprint density at radius 3 is 1.40 bits per heavy atom. The molecule has 0 spiro atoms. The van der Waals surface area contributed by atoms with Gasteiger partial charge in [-0.2, -0.15) is 15.3 Å². The number of rotatable bonds is 18. The van der Waals surface area contributed by atoms with Crippen molar-refractivity contribution < 1.29 is 42.8 Å². The van der Waals surface area contributed by atoms with Crippen LogP contribution >= 0.6 is 111 Å². The summed E-state index contributed by atoms with van der Waals surface area (Å²) in [6.07, 6.45) is 12.9. The van der Waals surface area contributed by atoms with Gasteiger partial charge in [-0.1, -0.05) is 284 Å². The summed E-state index contributed by atoms with van der Waals surface area (Å²) in [5, 5.41) is 48.7. The van der Waals surface area contributed by atoms with Crippen molar-refractivity contribution in [2.75, 3.05) is 41.2 Å². The Hall–Kier alpha value is -11.5. The number of hydrogen-bond donors (Lipinski definition) is 4. The lowest BCUT2D eigenvalue weighted by Crippen LogP contribution is -2.29. The minimum absolute atomic E-state index is 0. The van der Waals surface area contributed by atoms with Gasteiger partial charge in [0, 0.05) is 98.1 Å². The van der Waals surface area contributed by atoms with Crippen LogP contribution in [0.3, 0.4) is 0 Å². The van der Waals surface area contributed by atoms with Crippen LogP contribution in [0.1, 0.15) is 50.5 Å². The van der Waals surface area contributed by atoms with Crippen LogP contribution < -0.4 is 19.7 Å². The van der Waals surface area contributed by atoms with Crippen LogP contribution in [0.15, 0.2) is 399 Å². The highest BCUT2D eigenvalue weighted by atomic mass is 127. The number of H-pyrrole nitrogens is 2. The van der Waals surface area contributed by atoms with Gasteiger partial charge in [-0.3, -0.25) is 19.8 Å². The van der Waals surface area contributed by atoms with E-state index in [-0.39, 0.29) is 40.3 Å². The molecule has 19 aromatic rings. The minimum Gasteiger partial charge on any atom is -0.497 e. The first-order valence-corrected chi connectivity index (χ1v) is 46.6. The number of hydrogen-bond acceptors (Lipinski definition) is 14. The fourth-order valence-corrected chi connectivity index (χ4v) is 15.6. The molecular formula is C105H106BBr5IN10O10P. The molecule has 28 heteroatoms. The molecule has 0 saturated carbocycles. The molecule has 686 valence electrons. The quantitative estimate of drug-likeness (QED) is 0.0206. The zero-order valence-electron chi connectivity index (χ0n) is 70.9. The molecular weight excluding hydrogens is 2130 g/mol. The first-order chi connectivity index (χ1) is 62.8. The van der Waals surface area contributed by atoms with E-state index in [1.165, 1.54) is 64.4 Å². The molecule has 0 aliphatic heterocycles. The average Bonchev–Trinajstić information content (AvgIpc) is 1.60. The number of fused-ring (bicyclic) bond motifs is 6. The SMILES string of the molecule is Brc1ccc2c(c1)[nH]c1ccccc12.Brc1ccc2c3ccccc3n(-c3ccccn3)c2c1.Brc1cn[nH]c1.C.C.C.C.CCOP(OCC)OCC.COc1cccc(-n2cc(-c3ccc(-c4ccccc4)cc3)cn2)c1.COc1cccc(-n2cc(Br)cn2)c1.COc1cccc(I)c1.O=[N+]([O-])c1ccccc1-c1ccc(Br)cc1.OB(O)c1ccc(-c2ccccc2)cc1. The maximum Gasteiger partial charge on any atom is 0.488 e. The first kappa shape index (κ1) is 108. The van der Waals surface area contributed by atoms with Crippen molar-refractivity contribution in [3.05, 3.63) is 413 Å². The van der Waals surface area contributed by atoms with Gasteiger partial charge in [0.1, 0.15) is 23.1 Å². The van der Waals surface area contributed by atoms with Gasteiger partial charge in [0.15, 0.2) is 0 Å². The van der Waals surface area contributed by atoms with Crippen LogP contribution in [-0.2, 0) is 13.6 Å². The van der Waals surface area contributed by atoms with Crippen molar-refractivity contribution in [3.8, 4) is 78.9 Å². The smallest absolute Gasteiger partial charge is 0.488 e. The number of nitro groups is 1. The highest BCUT2D eigenvalue weighted by molar-refractivity contribution is 14.1. The average molecular weight is 2240 g/mol. The molecule has 0 amide bonds. The summed E-state index contributed by atoms with van der Waals surface area (Å²) in [5.74, 6) is 3.51. The molecule has 0 radical (unpaired) electrons. The Kier molecular flexibility index (Phi) is 46.6. The number of ether oxygens (including phenoxy) is 3. The maximum atomic E-state index is 10.9. The van der Waals surface area contributed by atoms with E-state index in [9.17, 15) is 10.1 Å². The normalized spacial score (nSPS) is 10.1. The van der Waals surface area contributed by atoms with E-state index in [0.717, 1.165) is 84.6 Å². The topological polar surface area (TPSA) is 237 Å². The van der Waals surface area contributed by atoms with Crippen molar-refractivity contribution in [2.24, 2.45) is 0 Å². The molecule has 0 aliphatic carbocycles. The molecule has 0 atom stereocenters. The van der Waals surface area contributed by atoms with E-state index in [4.69, 9.17) is 37.8 Å². The predicted octanol–water partition coefficient (Wildman–Crippen LogP) is 30.3. The van der Waals surface area contributed by atoms with Gasteiger partial charge in [-0.05, 0) is 223 Å². The van der Waals surface area contributed by atoms with Crippen LogP contribution in [0, 0.1) is 13.7 Å². The van der Waals surface area contributed by atoms with Crippen LogP contribution in [0.2, 0.25) is 0 Å². The van der Waals surface area contributed by atoms with E-state index in [1.807, 2.05) is 220 Å². The van der Waals surface area contributed by atoms with Crippen LogP contribution in [0.25, 0.3) is 105 Å². The van der Waals surface area contributed by atoms with Crippen molar-refractivity contribution >= 4 is 173 Å². The second-order valence-corrected chi connectivity index (χ2v) is 34.4. The van der Waals surface area contributed by atoms with Crippen LogP contribution in [-0.4, -0.2) is 108 Å². The van der Waals surface area contributed by atoms with E-state index < -0.39 is 15.7 Å². The Bertz CT molecular complexity index is 6620. The predicted molar refractivity (Wildman–Crippen MR) is 577 cm³/mol. The largest absolute Gasteiger partial charge is 0.497 e. The molecule has 20 nitrogen and oxygen atoms in total. The monoisotopic (exact) mass is 2230 g/mol. The molecule has 6 heterocycles. The van der Waals surface area contributed by atoms with Crippen LogP contribution in [0.4, 0.5) is 5.69 Å². The van der Waals surface area contributed by atoms with Gasteiger partial charge >= 0.3 is 15.7 Å². The molecule has 0 fully saturated rings. The Balaban J connectivity index is 0.000000208. The van der Waals surface area contributed by atoms with Gasteiger partial charge < -0.3 is 42.8 Å². The van der Waals surface area contributed by atoms with E-state index in [0.29, 0.717) is 30.8 Å². The summed E-state index contributed by atoms with van der Waals surface area (Å²) in [6.45, 7) is 7.71. The lowest BCUT2D eigenvalue weighted by atomic mass is 9.80. The summed E-state index contributed by atoms with van der Waals surface area (Å²) in [4.78, 5) is 18.4.